The Labute approximate surface area is 147 Å². The Morgan fingerprint density at radius 1 is 1.09 bits per heavy atom. The van der Waals surface area contributed by atoms with Gasteiger partial charge in [-0.3, -0.25) is 4.79 Å². The molecular formula is C18H20Cl2N2O. The third-order valence-electron chi connectivity index (χ3n) is 3.41. The molecular weight excluding hydrogens is 331 g/mol. The lowest BCUT2D eigenvalue weighted by Crippen LogP contribution is -2.42. The highest BCUT2D eigenvalue weighted by atomic mass is 35.5. The maximum absolute atomic E-state index is 12.5. The van der Waals surface area contributed by atoms with E-state index >= 15 is 0 Å². The van der Waals surface area contributed by atoms with Crippen LogP contribution in [0.4, 0.5) is 5.69 Å². The van der Waals surface area contributed by atoms with Crippen molar-refractivity contribution in [1.82, 2.24) is 5.32 Å². The van der Waals surface area contributed by atoms with Crippen molar-refractivity contribution in [2.75, 3.05) is 11.4 Å². The number of rotatable bonds is 6. The smallest absolute Gasteiger partial charge is 0.241 e. The second-order valence-corrected chi connectivity index (χ2v) is 6.36. The Morgan fingerprint density at radius 2 is 1.78 bits per heavy atom. The summed E-state index contributed by atoms with van der Waals surface area (Å²) in [5.74, 6) is 0.0336. The summed E-state index contributed by atoms with van der Waals surface area (Å²) >= 11 is 11.9. The normalized spacial score (nSPS) is 10.8. The summed E-state index contributed by atoms with van der Waals surface area (Å²) in [4.78, 5) is 14.3. The number of carbonyl (C=O) groups excluding carboxylic acids is 1. The number of hydrogen-bond donors (Lipinski definition) is 1. The Hall–Kier alpha value is -1.55. The predicted molar refractivity (Wildman–Crippen MR) is 97.2 cm³/mol. The SMILES string of the molecule is CC(C)N(C(=O)CNCc1ccc(Cl)c(Cl)c1)c1ccccc1. The molecule has 0 atom stereocenters. The van der Waals surface area contributed by atoms with Crippen molar-refractivity contribution >= 4 is 34.8 Å². The summed E-state index contributed by atoms with van der Waals surface area (Å²) in [5, 5.41) is 4.21. The zero-order valence-corrected chi connectivity index (χ0v) is 14.7. The molecule has 0 aliphatic heterocycles. The van der Waals surface area contributed by atoms with Crippen molar-refractivity contribution in [2.24, 2.45) is 0 Å². The van der Waals surface area contributed by atoms with Crippen LogP contribution in [-0.4, -0.2) is 18.5 Å². The first-order valence-corrected chi connectivity index (χ1v) is 8.26. The molecule has 0 saturated heterocycles. The van der Waals surface area contributed by atoms with Gasteiger partial charge in [0.1, 0.15) is 0 Å². The minimum atomic E-state index is 0.0336. The lowest BCUT2D eigenvalue weighted by molar-refractivity contribution is -0.118. The number of benzene rings is 2. The van der Waals surface area contributed by atoms with Crippen molar-refractivity contribution in [3.05, 3.63) is 64.1 Å². The molecule has 0 saturated carbocycles. The maximum Gasteiger partial charge on any atom is 0.241 e. The van der Waals surface area contributed by atoms with Crippen LogP contribution in [-0.2, 0) is 11.3 Å². The molecule has 0 radical (unpaired) electrons. The molecule has 5 heteroatoms. The van der Waals surface area contributed by atoms with Gasteiger partial charge < -0.3 is 10.2 Å². The molecule has 1 amide bonds. The van der Waals surface area contributed by atoms with Crippen LogP contribution in [0.5, 0.6) is 0 Å². The summed E-state index contributed by atoms with van der Waals surface area (Å²) in [6.07, 6.45) is 0. The minimum Gasteiger partial charge on any atom is -0.309 e. The number of hydrogen-bond acceptors (Lipinski definition) is 2. The fourth-order valence-corrected chi connectivity index (χ4v) is 2.69. The number of halogens is 2. The largest absolute Gasteiger partial charge is 0.309 e. The quantitative estimate of drug-likeness (QED) is 0.830. The van der Waals surface area contributed by atoms with Crippen molar-refractivity contribution in [3.8, 4) is 0 Å². The second-order valence-electron chi connectivity index (χ2n) is 5.55. The predicted octanol–water partition coefficient (Wildman–Crippen LogP) is 4.52. The molecule has 23 heavy (non-hydrogen) atoms. The molecule has 2 rings (SSSR count). The number of carbonyl (C=O) groups is 1. The second kappa shape index (κ2) is 8.34. The molecule has 122 valence electrons. The molecule has 0 aliphatic rings. The molecule has 0 aliphatic carbocycles. The van der Waals surface area contributed by atoms with E-state index in [1.807, 2.05) is 50.2 Å². The van der Waals surface area contributed by atoms with Gasteiger partial charge in [-0.15, -0.1) is 0 Å². The molecule has 0 fully saturated rings. The van der Waals surface area contributed by atoms with Crippen molar-refractivity contribution < 1.29 is 4.79 Å². The number of nitrogens with one attached hydrogen (secondary N) is 1. The Bertz CT molecular complexity index is 659. The monoisotopic (exact) mass is 350 g/mol. The third kappa shape index (κ3) is 4.96. The van der Waals surface area contributed by atoms with Crippen LogP contribution in [0.2, 0.25) is 10.0 Å². The summed E-state index contributed by atoms with van der Waals surface area (Å²) in [5.41, 5.74) is 1.90. The van der Waals surface area contributed by atoms with Crippen LogP contribution < -0.4 is 10.2 Å². The van der Waals surface area contributed by atoms with Crippen LogP contribution in [0.3, 0.4) is 0 Å². The number of amides is 1. The van der Waals surface area contributed by atoms with Gasteiger partial charge in [0.25, 0.3) is 0 Å². The fourth-order valence-electron chi connectivity index (χ4n) is 2.37. The standard InChI is InChI=1S/C18H20Cl2N2O/c1-13(2)22(15-6-4-3-5-7-15)18(23)12-21-11-14-8-9-16(19)17(20)10-14/h3-10,13,21H,11-12H2,1-2H3. The van der Waals surface area contributed by atoms with Gasteiger partial charge >= 0.3 is 0 Å². The molecule has 2 aromatic carbocycles. The molecule has 1 N–H and O–H groups in total. The van der Waals surface area contributed by atoms with E-state index in [0.29, 0.717) is 16.6 Å². The molecule has 0 unspecified atom stereocenters. The van der Waals surface area contributed by atoms with Crippen LogP contribution >= 0.6 is 23.2 Å². The van der Waals surface area contributed by atoms with Gasteiger partial charge in [-0.2, -0.15) is 0 Å². The van der Waals surface area contributed by atoms with Gasteiger partial charge in [0.2, 0.25) is 5.91 Å². The van der Waals surface area contributed by atoms with Crippen LogP contribution in [0.25, 0.3) is 0 Å². The van der Waals surface area contributed by atoms with Crippen LogP contribution in [0.1, 0.15) is 19.4 Å². The molecule has 0 spiro atoms. The van der Waals surface area contributed by atoms with Crippen molar-refractivity contribution in [1.29, 1.82) is 0 Å². The van der Waals surface area contributed by atoms with Gasteiger partial charge in [-0.05, 0) is 43.7 Å². The molecule has 0 bridgehead atoms. The molecule has 3 nitrogen and oxygen atoms in total. The summed E-state index contributed by atoms with van der Waals surface area (Å²) in [6.45, 7) is 4.82. The average Bonchev–Trinajstić information content (AvgIpc) is 2.52. The number of nitrogens with zero attached hydrogens (tertiary/aromatic N) is 1. The zero-order chi connectivity index (χ0) is 16.8. The van der Waals surface area contributed by atoms with E-state index < -0.39 is 0 Å². The van der Waals surface area contributed by atoms with E-state index in [1.54, 1.807) is 17.0 Å². The number of para-hydroxylation sites is 1. The van der Waals surface area contributed by atoms with Gasteiger partial charge in [-0.25, -0.2) is 0 Å². The average molecular weight is 351 g/mol. The van der Waals surface area contributed by atoms with E-state index in [1.165, 1.54) is 0 Å². The topological polar surface area (TPSA) is 32.3 Å². The summed E-state index contributed by atoms with van der Waals surface area (Å²) < 4.78 is 0. The number of anilines is 1. The molecule has 0 heterocycles. The first kappa shape index (κ1) is 17.8. The van der Waals surface area contributed by atoms with E-state index in [0.717, 1.165) is 11.3 Å². The highest BCUT2D eigenvalue weighted by Crippen LogP contribution is 2.22. The lowest BCUT2D eigenvalue weighted by Gasteiger charge is -2.27. The highest BCUT2D eigenvalue weighted by molar-refractivity contribution is 6.42. The molecule has 0 aromatic heterocycles. The minimum absolute atomic E-state index is 0.0336. The Kier molecular flexibility index (Phi) is 6.46. The zero-order valence-electron chi connectivity index (χ0n) is 13.2. The van der Waals surface area contributed by atoms with E-state index in [4.69, 9.17) is 23.2 Å². The van der Waals surface area contributed by atoms with E-state index in [2.05, 4.69) is 5.32 Å². The van der Waals surface area contributed by atoms with E-state index in [9.17, 15) is 4.79 Å². The van der Waals surface area contributed by atoms with Gasteiger partial charge in [0.15, 0.2) is 0 Å². The van der Waals surface area contributed by atoms with Gasteiger partial charge in [0.05, 0.1) is 16.6 Å². The molecule has 2 aromatic rings. The van der Waals surface area contributed by atoms with Crippen molar-refractivity contribution in [3.63, 3.8) is 0 Å². The van der Waals surface area contributed by atoms with Gasteiger partial charge in [-0.1, -0.05) is 47.5 Å². The highest BCUT2D eigenvalue weighted by Gasteiger charge is 2.18. The first-order valence-electron chi connectivity index (χ1n) is 7.51. The van der Waals surface area contributed by atoms with Crippen LogP contribution in [0.15, 0.2) is 48.5 Å². The Balaban J connectivity index is 1.95. The van der Waals surface area contributed by atoms with Gasteiger partial charge in [0, 0.05) is 18.3 Å². The van der Waals surface area contributed by atoms with Crippen molar-refractivity contribution in [2.45, 2.75) is 26.4 Å². The maximum atomic E-state index is 12.5. The Morgan fingerprint density at radius 3 is 2.39 bits per heavy atom. The fraction of sp³-hybridized carbons (Fsp3) is 0.278. The summed E-state index contributed by atoms with van der Waals surface area (Å²) in [6, 6.07) is 15.2. The van der Waals surface area contributed by atoms with Crippen LogP contribution in [0, 0.1) is 0 Å². The lowest BCUT2D eigenvalue weighted by atomic mass is 10.2. The first-order chi connectivity index (χ1) is 11.0. The summed E-state index contributed by atoms with van der Waals surface area (Å²) in [7, 11) is 0. The van der Waals surface area contributed by atoms with E-state index in [-0.39, 0.29) is 18.5 Å². The third-order valence-corrected chi connectivity index (χ3v) is 4.15.